The molecule has 0 saturated carbocycles. The summed E-state index contributed by atoms with van der Waals surface area (Å²) in [5.41, 5.74) is 12.2. The lowest BCUT2D eigenvalue weighted by atomic mass is 9.96. The Morgan fingerprint density at radius 3 is 2.32 bits per heavy atom. The quantitative estimate of drug-likeness (QED) is 0.875. The van der Waals surface area contributed by atoms with Gasteiger partial charge >= 0.3 is 0 Å². The first-order valence-electron chi connectivity index (χ1n) is 6.55. The zero-order valence-electron chi connectivity index (χ0n) is 11.7. The summed E-state index contributed by atoms with van der Waals surface area (Å²) in [6, 6.07) is 12.5. The Hall–Kier alpha value is -1.31. The van der Waals surface area contributed by atoms with Crippen molar-refractivity contribution in [2.45, 2.75) is 33.2 Å². The van der Waals surface area contributed by atoms with Crippen LogP contribution in [0.2, 0.25) is 5.02 Å². The third-order valence-corrected chi connectivity index (χ3v) is 3.87. The highest BCUT2D eigenvalue weighted by Gasteiger charge is 2.12. The summed E-state index contributed by atoms with van der Waals surface area (Å²) in [6.07, 6.45) is 0.811. The van der Waals surface area contributed by atoms with Crippen LogP contribution in [-0.2, 0) is 6.42 Å². The van der Waals surface area contributed by atoms with Gasteiger partial charge in [0, 0.05) is 11.1 Å². The van der Waals surface area contributed by atoms with Gasteiger partial charge in [-0.05, 0) is 43.9 Å². The molecule has 1 nitrogen and oxygen atoms in total. The van der Waals surface area contributed by atoms with Gasteiger partial charge < -0.3 is 5.73 Å². The molecule has 0 saturated heterocycles. The van der Waals surface area contributed by atoms with Gasteiger partial charge in [0.05, 0.1) is 0 Å². The third kappa shape index (κ3) is 3.37. The zero-order chi connectivity index (χ0) is 14.0. The normalized spacial score (nSPS) is 12.5. The fourth-order valence-corrected chi connectivity index (χ4v) is 2.77. The number of rotatable bonds is 3. The molecule has 0 heterocycles. The van der Waals surface area contributed by atoms with Crippen molar-refractivity contribution in [1.82, 2.24) is 0 Å². The average molecular weight is 274 g/mol. The minimum absolute atomic E-state index is 0.0615. The SMILES string of the molecule is Cc1cc(C)cc(CC(N)c2cccc(C)c2Cl)c1. The van der Waals surface area contributed by atoms with Gasteiger partial charge in [-0.1, -0.05) is 59.1 Å². The van der Waals surface area contributed by atoms with Crippen LogP contribution < -0.4 is 5.73 Å². The summed E-state index contributed by atoms with van der Waals surface area (Å²) in [7, 11) is 0. The smallest absolute Gasteiger partial charge is 0.0483 e. The van der Waals surface area contributed by atoms with Crippen molar-refractivity contribution in [2.24, 2.45) is 5.73 Å². The summed E-state index contributed by atoms with van der Waals surface area (Å²) in [6.45, 7) is 6.23. The molecule has 0 spiro atoms. The molecule has 19 heavy (non-hydrogen) atoms. The lowest BCUT2D eigenvalue weighted by Gasteiger charge is -2.16. The molecule has 100 valence electrons. The predicted molar refractivity (Wildman–Crippen MR) is 82.7 cm³/mol. The molecule has 0 fully saturated rings. The Morgan fingerprint density at radius 2 is 1.68 bits per heavy atom. The van der Waals surface area contributed by atoms with Crippen molar-refractivity contribution < 1.29 is 0 Å². The maximum absolute atomic E-state index is 6.34. The van der Waals surface area contributed by atoms with E-state index in [0.717, 1.165) is 22.6 Å². The Labute approximate surface area is 120 Å². The Bertz CT molecular complexity index is 570. The van der Waals surface area contributed by atoms with Crippen LogP contribution in [0, 0.1) is 20.8 Å². The first kappa shape index (κ1) is 14.1. The molecule has 0 bridgehead atoms. The second-order valence-electron chi connectivity index (χ2n) is 5.28. The molecule has 0 aliphatic carbocycles. The molecule has 2 aromatic carbocycles. The molecule has 1 unspecified atom stereocenters. The number of hydrogen-bond donors (Lipinski definition) is 1. The Morgan fingerprint density at radius 1 is 1.05 bits per heavy atom. The lowest BCUT2D eigenvalue weighted by Crippen LogP contribution is -2.14. The molecule has 2 rings (SSSR count). The molecule has 2 aromatic rings. The molecule has 0 amide bonds. The molecular weight excluding hydrogens is 254 g/mol. The largest absolute Gasteiger partial charge is 0.324 e. The monoisotopic (exact) mass is 273 g/mol. The number of hydrogen-bond acceptors (Lipinski definition) is 1. The van der Waals surface area contributed by atoms with Gasteiger partial charge in [0.15, 0.2) is 0 Å². The van der Waals surface area contributed by atoms with Crippen LogP contribution in [0.3, 0.4) is 0 Å². The second kappa shape index (κ2) is 5.77. The molecule has 0 aliphatic rings. The fraction of sp³-hybridized carbons (Fsp3) is 0.294. The maximum atomic E-state index is 6.34. The maximum Gasteiger partial charge on any atom is 0.0483 e. The first-order chi connectivity index (χ1) is 8.97. The number of halogens is 1. The third-order valence-electron chi connectivity index (χ3n) is 3.36. The Kier molecular flexibility index (Phi) is 4.28. The van der Waals surface area contributed by atoms with Crippen molar-refractivity contribution in [2.75, 3.05) is 0 Å². The van der Waals surface area contributed by atoms with Crippen molar-refractivity contribution in [3.8, 4) is 0 Å². The summed E-state index contributed by atoms with van der Waals surface area (Å²) >= 11 is 6.34. The van der Waals surface area contributed by atoms with E-state index in [1.807, 2.05) is 25.1 Å². The standard InChI is InChI=1S/C17H20ClN/c1-11-7-12(2)9-14(8-11)10-16(19)15-6-4-5-13(3)17(15)18/h4-9,16H,10,19H2,1-3H3. The van der Waals surface area contributed by atoms with Gasteiger partial charge in [0.1, 0.15) is 0 Å². The minimum atomic E-state index is -0.0615. The fourth-order valence-electron chi connectivity index (χ4n) is 2.51. The summed E-state index contributed by atoms with van der Waals surface area (Å²) < 4.78 is 0. The molecule has 1 atom stereocenters. The lowest BCUT2D eigenvalue weighted by molar-refractivity contribution is 0.720. The molecule has 0 radical (unpaired) electrons. The Balaban J connectivity index is 2.25. The number of aryl methyl sites for hydroxylation is 3. The summed E-state index contributed by atoms with van der Waals surface area (Å²) in [5, 5.41) is 0.791. The van der Waals surface area contributed by atoms with Gasteiger partial charge in [-0.25, -0.2) is 0 Å². The topological polar surface area (TPSA) is 26.0 Å². The van der Waals surface area contributed by atoms with E-state index in [0.29, 0.717) is 0 Å². The van der Waals surface area contributed by atoms with Crippen LogP contribution in [0.5, 0.6) is 0 Å². The highest BCUT2D eigenvalue weighted by molar-refractivity contribution is 6.32. The highest BCUT2D eigenvalue weighted by Crippen LogP contribution is 2.27. The van der Waals surface area contributed by atoms with Crippen molar-refractivity contribution in [3.63, 3.8) is 0 Å². The van der Waals surface area contributed by atoms with Crippen molar-refractivity contribution >= 4 is 11.6 Å². The van der Waals surface area contributed by atoms with Crippen LogP contribution >= 0.6 is 11.6 Å². The summed E-state index contributed by atoms with van der Waals surface area (Å²) in [4.78, 5) is 0. The van der Waals surface area contributed by atoms with E-state index in [4.69, 9.17) is 17.3 Å². The van der Waals surface area contributed by atoms with Gasteiger partial charge in [0.25, 0.3) is 0 Å². The van der Waals surface area contributed by atoms with E-state index in [9.17, 15) is 0 Å². The van der Waals surface area contributed by atoms with E-state index in [2.05, 4.69) is 32.0 Å². The second-order valence-corrected chi connectivity index (χ2v) is 5.66. The molecule has 2 heteroatoms. The summed E-state index contributed by atoms with van der Waals surface area (Å²) in [5.74, 6) is 0. The van der Waals surface area contributed by atoms with Crippen LogP contribution in [0.1, 0.15) is 33.9 Å². The highest BCUT2D eigenvalue weighted by atomic mass is 35.5. The zero-order valence-corrected chi connectivity index (χ0v) is 12.5. The van der Waals surface area contributed by atoms with Gasteiger partial charge in [0.2, 0.25) is 0 Å². The molecule has 2 N–H and O–H groups in total. The molecular formula is C17H20ClN. The van der Waals surface area contributed by atoms with Crippen molar-refractivity contribution in [1.29, 1.82) is 0 Å². The van der Waals surface area contributed by atoms with E-state index >= 15 is 0 Å². The molecule has 0 aromatic heterocycles. The van der Waals surface area contributed by atoms with E-state index in [1.165, 1.54) is 16.7 Å². The average Bonchev–Trinajstić information content (AvgIpc) is 2.31. The van der Waals surface area contributed by atoms with Crippen LogP contribution in [-0.4, -0.2) is 0 Å². The van der Waals surface area contributed by atoms with Crippen LogP contribution in [0.15, 0.2) is 36.4 Å². The van der Waals surface area contributed by atoms with E-state index in [1.54, 1.807) is 0 Å². The van der Waals surface area contributed by atoms with Crippen LogP contribution in [0.25, 0.3) is 0 Å². The van der Waals surface area contributed by atoms with E-state index < -0.39 is 0 Å². The van der Waals surface area contributed by atoms with E-state index in [-0.39, 0.29) is 6.04 Å². The van der Waals surface area contributed by atoms with Crippen molar-refractivity contribution in [3.05, 3.63) is 69.2 Å². The van der Waals surface area contributed by atoms with Gasteiger partial charge in [-0.2, -0.15) is 0 Å². The first-order valence-corrected chi connectivity index (χ1v) is 6.93. The predicted octanol–water partition coefficient (Wildman–Crippen LogP) is 4.51. The van der Waals surface area contributed by atoms with Gasteiger partial charge in [-0.15, -0.1) is 0 Å². The number of nitrogens with two attached hydrogens (primary N) is 1. The molecule has 0 aliphatic heterocycles. The number of benzene rings is 2. The minimum Gasteiger partial charge on any atom is -0.324 e. The van der Waals surface area contributed by atoms with Crippen LogP contribution in [0.4, 0.5) is 0 Å². The van der Waals surface area contributed by atoms with Gasteiger partial charge in [-0.3, -0.25) is 0 Å².